The molecule has 0 aliphatic heterocycles. The van der Waals surface area contributed by atoms with Crippen LogP contribution in [0, 0.1) is 11.3 Å². The Morgan fingerprint density at radius 1 is 1.48 bits per heavy atom. The van der Waals surface area contributed by atoms with Gasteiger partial charge >= 0.3 is 11.9 Å². The molecule has 0 radical (unpaired) electrons. The summed E-state index contributed by atoms with van der Waals surface area (Å²) in [5.74, 6) is -2.52. The Hall–Kier alpha value is -2.95. The standard InChI is InChI=1S/C13H13N3O5/c1-21-11(17)5-4-10(13(19)20)16-12(18)9-3-2-8(6-14)7-15-9/h2-3,7,10H,4-5H2,1H3,(H,16,18)(H,19,20)/t10-/m0/s1. The summed E-state index contributed by atoms with van der Waals surface area (Å²) in [6.45, 7) is 0. The summed E-state index contributed by atoms with van der Waals surface area (Å²) in [4.78, 5) is 37.6. The van der Waals surface area contributed by atoms with Gasteiger partial charge in [0.25, 0.3) is 5.91 Å². The number of ether oxygens (including phenoxy) is 1. The van der Waals surface area contributed by atoms with Crippen LogP contribution in [0.2, 0.25) is 0 Å². The Balaban J connectivity index is 2.69. The molecule has 0 aliphatic rings. The van der Waals surface area contributed by atoms with Gasteiger partial charge in [0.2, 0.25) is 0 Å². The molecule has 0 bridgehead atoms. The normalized spacial score (nSPS) is 11.0. The van der Waals surface area contributed by atoms with Crippen LogP contribution in [-0.2, 0) is 14.3 Å². The molecule has 1 atom stereocenters. The third-order valence-electron chi connectivity index (χ3n) is 2.59. The Morgan fingerprint density at radius 3 is 2.67 bits per heavy atom. The molecule has 0 aliphatic carbocycles. The number of methoxy groups -OCH3 is 1. The van der Waals surface area contributed by atoms with Gasteiger partial charge in [-0.3, -0.25) is 9.59 Å². The predicted octanol–water partition coefficient (Wildman–Crippen LogP) is 0.0895. The lowest BCUT2D eigenvalue weighted by Crippen LogP contribution is -2.41. The number of carboxylic acid groups (broad SMARTS) is 1. The summed E-state index contributed by atoms with van der Waals surface area (Å²) in [6, 6.07) is 3.33. The monoisotopic (exact) mass is 291 g/mol. The van der Waals surface area contributed by atoms with Crippen molar-refractivity contribution in [2.75, 3.05) is 7.11 Å². The van der Waals surface area contributed by atoms with E-state index in [0.29, 0.717) is 0 Å². The molecule has 1 aromatic heterocycles. The van der Waals surface area contributed by atoms with Gasteiger partial charge in [0.15, 0.2) is 0 Å². The van der Waals surface area contributed by atoms with E-state index in [-0.39, 0.29) is 24.1 Å². The number of nitrogens with one attached hydrogen (secondary N) is 1. The van der Waals surface area contributed by atoms with Crippen LogP contribution in [0.25, 0.3) is 0 Å². The maximum Gasteiger partial charge on any atom is 0.326 e. The highest BCUT2D eigenvalue weighted by Gasteiger charge is 2.22. The van der Waals surface area contributed by atoms with Crippen molar-refractivity contribution >= 4 is 17.8 Å². The zero-order valence-corrected chi connectivity index (χ0v) is 11.2. The summed E-state index contributed by atoms with van der Waals surface area (Å²) in [7, 11) is 1.19. The average molecular weight is 291 g/mol. The molecular formula is C13H13N3O5. The number of carboxylic acids is 1. The van der Waals surface area contributed by atoms with Crippen molar-refractivity contribution < 1.29 is 24.2 Å². The molecule has 0 saturated heterocycles. The topological polar surface area (TPSA) is 129 Å². The largest absolute Gasteiger partial charge is 0.480 e. The van der Waals surface area contributed by atoms with Crippen LogP contribution >= 0.6 is 0 Å². The van der Waals surface area contributed by atoms with E-state index in [1.165, 1.54) is 25.4 Å². The lowest BCUT2D eigenvalue weighted by atomic mass is 10.1. The highest BCUT2D eigenvalue weighted by Crippen LogP contribution is 2.03. The van der Waals surface area contributed by atoms with Crippen LogP contribution in [0.1, 0.15) is 28.9 Å². The first-order chi connectivity index (χ1) is 9.97. The maximum atomic E-state index is 11.8. The minimum Gasteiger partial charge on any atom is -0.480 e. The SMILES string of the molecule is COC(=O)CC[C@H](NC(=O)c1ccc(C#N)cn1)C(=O)O. The highest BCUT2D eigenvalue weighted by atomic mass is 16.5. The first-order valence-electron chi connectivity index (χ1n) is 5.94. The molecule has 110 valence electrons. The molecule has 8 heteroatoms. The summed E-state index contributed by atoms with van der Waals surface area (Å²) >= 11 is 0. The maximum absolute atomic E-state index is 11.8. The molecule has 1 amide bonds. The number of esters is 1. The fourth-order valence-corrected chi connectivity index (χ4v) is 1.45. The van der Waals surface area contributed by atoms with Gasteiger partial charge in [-0.1, -0.05) is 0 Å². The Bertz CT molecular complexity index is 576. The zero-order valence-electron chi connectivity index (χ0n) is 11.2. The number of hydrogen-bond acceptors (Lipinski definition) is 6. The number of hydrogen-bond donors (Lipinski definition) is 2. The second kappa shape index (κ2) is 7.59. The number of carbonyl (C=O) groups excluding carboxylic acids is 2. The number of amides is 1. The van der Waals surface area contributed by atoms with Crippen LogP contribution in [0.4, 0.5) is 0 Å². The van der Waals surface area contributed by atoms with E-state index < -0.39 is 23.9 Å². The van der Waals surface area contributed by atoms with Crippen LogP contribution < -0.4 is 5.32 Å². The van der Waals surface area contributed by atoms with Gasteiger partial charge in [-0.2, -0.15) is 5.26 Å². The smallest absolute Gasteiger partial charge is 0.326 e. The van der Waals surface area contributed by atoms with E-state index in [0.717, 1.165) is 0 Å². The fraction of sp³-hybridized carbons (Fsp3) is 0.308. The van der Waals surface area contributed by atoms with Crippen LogP contribution in [0.3, 0.4) is 0 Å². The Kier molecular flexibility index (Phi) is 5.82. The van der Waals surface area contributed by atoms with Crippen molar-refractivity contribution in [1.29, 1.82) is 5.26 Å². The number of rotatable bonds is 6. The number of carbonyl (C=O) groups is 3. The van der Waals surface area contributed by atoms with E-state index in [1.807, 2.05) is 6.07 Å². The minimum absolute atomic E-state index is 0.0154. The minimum atomic E-state index is -1.26. The third kappa shape index (κ3) is 4.91. The molecule has 1 rings (SSSR count). The van der Waals surface area contributed by atoms with Gasteiger partial charge in [0, 0.05) is 12.6 Å². The molecule has 1 aromatic rings. The molecule has 1 heterocycles. The molecule has 8 nitrogen and oxygen atoms in total. The second-order valence-corrected chi connectivity index (χ2v) is 4.02. The molecule has 0 unspecified atom stereocenters. The highest BCUT2D eigenvalue weighted by molar-refractivity contribution is 5.95. The van der Waals surface area contributed by atoms with E-state index in [4.69, 9.17) is 10.4 Å². The molecule has 0 aromatic carbocycles. The quantitative estimate of drug-likeness (QED) is 0.710. The first-order valence-corrected chi connectivity index (χ1v) is 5.94. The molecule has 2 N–H and O–H groups in total. The van der Waals surface area contributed by atoms with Gasteiger partial charge in [-0.15, -0.1) is 0 Å². The van der Waals surface area contributed by atoms with Gasteiger partial charge in [-0.05, 0) is 18.6 Å². The summed E-state index contributed by atoms with van der Waals surface area (Å²) < 4.78 is 4.41. The third-order valence-corrected chi connectivity index (χ3v) is 2.59. The number of aromatic nitrogens is 1. The van der Waals surface area contributed by atoms with Gasteiger partial charge in [0.1, 0.15) is 17.8 Å². The average Bonchev–Trinajstić information content (AvgIpc) is 2.50. The van der Waals surface area contributed by atoms with Crippen LogP contribution in [-0.4, -0.2) is 41.1 Å². The number of nitrogens with zero attached hydrogens (tertiary/aromatic N) is 2. The van der Waals surface area contributed by atoms with Gasteiger partial charge in [0.05, 0.1) is 12.7 Å². The van der Waals surface area contributed by atoms with Gasteiger partial charge < -0.3 is 15.2 Å². The Labute approximate surface area is 120 Å². The lowest BCUT2D eigenvalue weighted by Gasteiger charge is -2.13. The van der Waals surface area contributed by atoms with E-state index >= 15 is 0 Å². The van der Waals surface area contributed by atoms with Crippen LogP contribution in [0.15, 0.2) is 18.3 Å². The van der Waals surface area contributed by atoms with Crippen molar-refractivity contribution in [3.05, 3.63) is 29.6 Å². The van der Waals surface area contributed by atoms with Crippen molar-refractivity contribution in [3.8, 4) is 6.07 Å². The number of nitriles is 1. The summed E-state index contributed by atoms with van der Waals surface area (Å²) in [5.41, 5.74) is 0.269. The molecular weight excluding hydrogens is 278 g/mol. The summed E-state index contributed by atoms with van der Waals surface area (Å²) in [5, 5.41) is 19.9. The first kappa shape index (κ1) is 16.1. The molecule has 0 spiro atoms. The number of pyridine rings is 1. The van der Waals surface area contributed by atoms with E-state index in [9.17, 15) is 14.4 Å². The second-order valence-electron chi connectivity index (χ2n) is 4.02. The van der Waals surface area contributed by atoms with Gasteiger partial charge in [-0.25, -0.2) is 9.78 Å². The lowest BCUT2D eigenvalue weighted by molar-refractivity contribution is -0.142. The van der Waals surface area contributed by atoms with Crippen molar-refractivity contribution in [2.24, 2.45) is 0 Å². The van der Waals surface area contributed by atoms with Crippen molar-refractivity contribution in [1.82, 2.24) is 10.3 Å². The van der Waals surface area contributed by atoms with Crippen molar-refractivity contribution in [2.45, 2.75) is 18.9 Å². The van der Waals surface area contributed by atoms with Crippen LogP contribution in [0.5, 0.6) is 0 Å². The van der Waals surface area contributed by atoms with Crippen molar-refractivity contribution in [3.63, 3.8) is 0 Å². The Morgan fingerprint density at radius 2 is 2.19 bits per heavy atom. The molecule has 0 fully saturated rings. The predicted molar refractivity (Wildman–Crippen MR) is 69.1 cm³/mol. The number of aliphatic carboxylic acids is 1. The molecule has 0 saturated carbocycles. The fourth-order valence-electron chi connectivity index (χ4n) is 1.45. The molecule has 21 heavy (non-hydrogen) atoms. The zero-order chi connectivity index (χ0) is 15.8. The van der Waals surface area contributed by atoms with E-state index in [1.54, 1.807) is 0 Å². The van der Waals surface area contributed by atoms with E-state index in [2.05, 4.69) is 15.0 Å². The summed E-state index contributed by atoms with van der Waals surface area (Å²) in [6.07, 6.45) is 0.984.